The van der Waals surface area contributed by atoms with Gasteiger partial charge in [-0.1, -0.05) is 18.6 Å². The fraction of sp³-hybridized carbons (Fsp3) is 0.500. The lowest BCUT2D eigenvalue weighted by Crippen LogP contribution is -2.49. The zero-order chi connectivity index (χ0) is 12.3. The molecule has 0 amide bonds. The van der Waals surface area contributed by atoms with Crippen LogP contribution < -0.4 is 10.1 Å². The summed E-state index contributed by atoms with van der Waals surface area (Å²) in [7, 11) is 3.51. The molecule has 1 fully saturated rings. The molecule has 1 aromatic carbocycles. The number of ether oxygens (including phenoxy) is 1. The van der Waals surface area contributed by atoms with Crippen LogP contribution in [0, 0.1) is 0 Å². The van der Waals surface area contributed by atoms with Crippen LogP contribution in [0.5, 0.6) is 5.75 Å². The highest BCUT2D eigenvalue weighted by molar-refractivity contribution is 5.90. The number of nitrogens with one attached hydrogen (secondary N) is 1. The van der Waals surface area contributed by atoms with Gasteiger partial charge in [-0.2, -0.15) is 0 Å². The average Bonchev–Trinajstić information content (AvgIpc) is 2.40. The van der Waals surface area contributed by atoms with Crippen molar-refractivity contribution in [1.82, 2.24) is 5.32 Å². The van der Waals surface area contributed by atoms with Crippen molar-refractivity contribution in [2.75, 3.05) is 14.2 Å². The molecule has 0 spiro atoms. The molecule has 1 atom stereocenters. The standard InChI is InChI=1S/C14H19NO2.ClH/c1-15-14(9-4-3-8-13(14)16)11-6-5-7-12(10-11)17-2;/h5-7,10,15H,3-4,8-9H2,1-2H3;1H. The van der Waals surface area contributed by atoms with Gasteiger partial charge in [0.25, 0.3) is 0 Å². The van der Waals surface area contributed by atoms with Crippen molar-refractivity contribution in [1.29, 1.82) is 0 Å². The third-order valence-electron chi connectivity index (χ3n) is 3.67. The molecular weight excluding hydrogens is 250 g/mol. The van der Waals surface area contributed by atoms with E-state index in [0.717, 1.165) is 30.6 Å². The van der Waals surface area contributed by atoms with E-state index in [4.69, 9.17) is 4.74 Å². The maximum absolute atomic E-state index is 12.2. The van der Waals surface area contributed by atoms with Crippen LogP contribution in [0.15, 0.2) is 24.3 Å². The number of carbonyl (C=O) groups is 1. The summed E-state index contributed by atoms with van der Waals surface area (Å²) < 4.78 is 5.23. The topological polar surface area (TPSA) is 38.3 Å². The van der Waals surface area contributed by atoms with Crippen LogP contribution in [0.2, 0.25) is 0 Å². The molecule has 0 aliphatic heterocycles. The van der Waals surface area contributed by atoms with Crippen LogP contribution in [0.4, 0.5) is 0 Å². The smallest absolute Gasteiger partial charge is 0.157 e. The molecule has 0 radical (unpaired) electrons. The second-order valence-corrected chi connectivity index (χ2v) is 4.52. The summed E-state index contributed by atoms with van der Waals surface area (Å²) in [4.78, 5) is 12.2. The van der Waals surface area contributed by atoms with Crippen LogP contribution in [0.25, 0.3) is 0 Å². The van der Waals surface area contributed by atoms with Gasteiger partial charge < -0.3 is 10.1 Å². The van der Waals surface area contributed by atoms with Crippen molar-refractivity contribution in [3.63, 3.8) is 0 Å². The summed E-state index contributed by atoms with van der Waals surface area (Å²) >= 11 is 0. The first-order valence-corrected chi connectivity index (χ1v) is 6.09. The molecule has 4 heteroatoms. The van der Waals surface area contributed by atoms with Gasteiger partial charge in [0.2, 0.25) is 0 Å². The number of carbonyl (C=O) groups excluding carboxylic acids is 1. The van der Waals surface area contributed by atoms with Gasteiger partial charge >= 0.3 is 0 Å². The Morgan fingerprint density at radius 3 is 2.72 bits per heavy atom. The summed E-state index contributed by atoms with van der Waals surface area (Å²) in [6, 6.07) is 7.80. The first kappa shape index (κ1) is 15.0. The fourth-order valence-electron chi connectivity index (χ4n) is 2.63. The Balaban J connectivity index is 0.00000162. The number of Topliss-reactive ketones (excluding diaryl/α,β-unsaturated/α-hetero) is 1. The molecule has 100 valence electrons. The molecule has 18 heavy (non-hydrogen) atoms. The zero-order valence-electron chi connectivity index (χ0n) is 10.9. The Morgan fingerprint density at radius 1 is 1.33 bits per heavy atom. The van der Waals surface area contributed by atoms with Gasteiger partial charge in [0, 0.05) is 6.42 Å². The molecule has 1 saturated carbocycles. The quantitative estimate of drug-likeness (QED) is 0.917. The second-order valence-electron chi connectivity index (χ2n) is 4.52. The van der Waals surface area contributed by atoms with E-state index in [1.807, 2.05) is 31.3 Å². The average molecular weight is 270 g/mol. The molecular formula is C14H20ClNO2. The van der Waals surface area contributed by atoms with Gasteiger partial charge in [0.15, 0.2) is 5.78 Å². The number of benzene rings is 1. The number of ketones is 1. The van der Waals surface area contributed by atoms with E-state index in [2.05, 4.69) is 5.32 Å². The number of hydrogen-bond donors (Lipinski definition) is 1. The van der Waals surface area contributed by atoms with E-state index in [1.165, 1.54) is 0 Å². The highest BCUT2D eigenvalue weighted by atomic mass is 35.5. The number of halogens is 1. The number of likely N-dealkylation sites (N-methyl/N-ethyl adjacent to an activating group) is 1. The molecule has 1 aromatic rings. The lowest BCUT2D eigenvalue weighted by molar-refractivity contribution is -0.127. The van der Waals surface area contributed by atoms with E-state index in [-0.39, 0.29) is 12.4 Å². The van der Waals surface area contributed by atoms with Crippen molar-refractivity contribution in [2.24, 2.45) is 0 Å². The van der Waals surface area contributed by atoms with Crippen LogP contribution in [0.1, 0.15) is 31.2 Å². The van der Waals surface area contributed by atoms with Crippen LogP contribution in [-0.4, -0.2) is 19.9 Å². The minimum atomic E-state index is -0.507. The van der Waals surface area contributed by atoms with Crippen molar-refractivity contribution >= 4 is 18.2 Å². The number of methoxy groups -OCH3 is 1. The Labute approximate surface area is 114 Å². The van der Waals surface area contributed by atoms with Crippen molar-refractivity contribution in [2.45, 2.75) is 31.2 Å². The summed E-state index contributed by atoms with van der Waals surface area (Å²) in [5.74, 6) is 1.09. The molecule has 1 N–H and O–H groups in total. The molecule has 0 saturated heterocycles. The van der Waals surface area contributed by atoms with Crippen molar-refractivity contribution in [3.05, 3.63) is 29.8 Å². The maximum Gasteiger partial charge on any atom is 0.157 e. The van der Waals surface area contributed by atoms with E-state index in [9.17, 15) is 4.79 Å². The summed E-state index contributed by atoms with van der Waals surface area (Å²) in [6.07, 6.45) is 3.63. The van der Waals surface area contributed by atoms with Gasteiger partial charge in [-0.05, 0) is 37.6 Å². The molecule has 1 aliphatic carbocycles. The Kier molecular flexibility index (Phi) is 5.17. The monoisotopic (exact) mass is 269 g/mol. The molecule has 1 aliphatic rings. The molecule has 0 bridgehead atoms. The van der Waals surface area contributed by atoms with Crippen LogP contribution >= 0.6 is 12.4 Å². The largest absolute Gasteiger partial charge is 0.497 e. The van der Waals surface area contributed by atoms with E-state index < -0.39 is 5.54 Å². The highest BCUT2D eigenvalue weighted by Gasteiger charge is 2.39. The normalized spacial score (nSPS) is 23.3. The van der Waals surface area contributed by atoms with E-state index in [0.29, 0.717) is 12.2 Å². The first-order chi connectivity index (χ1) is 8.23. The van der Waals surface area contributed by atoms with Gasteiger partial charge in [-0.15, -0.1) is 12.4 Å². The SMILES string of the molecule is CNC1(c2cccc(OC)c2)CCCCC1=O.Cl. The van der Waals surface area contributed by atoms with Gasteiger partial charge in [-0.25, -0.2) is 0 Å². The predicted molar refractivity (Wildman–Crippen MR) is 74.5 cm³/mol. The molecule has 0 heterocycles. The number of hydrogen-bond acceptors (Lipinski definition) is 3. The highest BCUT2D eigenvalue weighted by Crippen LogP contribution is 2.35. The second kappa shape index (κ2) is 6.21. The first-order valence-electron chi connectivity index (χ1n) is 6.09. The third-order valence-corrected chi connectivity index (χ3v) is 3.67. The Morgan fingerprint density at radius 2 is 2.11 bits per heavy atom. The van der Waals surface area contributed by atoms with Gasteiger partial charge in [0.1, 0.15) is 11.3 Å². The summed E-state index contributed by atoms with van der Waals surface area (Å²) in [5, 5.41) is 3.23. The fourth-order valence-corrected chi connectivity index (χ4v) is 2.63. The Hall–Kier alpha value is -1.06. The predicted octanol–water partition coefficient (Wildman–Crippen LogP) is 2.67. The molecule has 0 aromatic heterocycles. The van der Waals surface area contributed by atoms with Gasteiger partial charge in [0.05, 0.1) is 7.11 Å². The summed E-state index contributed by atoms with van der Waals surface area (Å²) in [6.45, 7) is 0. The zero-order valence-corrected chi connectivity index (χ0v) is 11.7. The third kappa shape index (κ3) is 2.52. The summed E-state index contributed by atoms with van der Waals surface area (Å²) in [5.41, 5.74) is 0.510. The number of rotatable bonds is 3. The van der Waals surface area contributed by atoms with Gasteiger partial charge in [-0.3, -0.25) is 4.79 Å². The lowest BCUT2D eigenvalue weighted by atomic mass is 9.75. The Bertz CT molecular complexity index is 422. The minimum Gasteiger partial charge on any atom is -0.497 e. The van der Waals surface area contributed by atoms with Crippen molar-refractivity contribution in [3.8, 4) is 5.75 Å². The lowest BCUT2D eigenvalue weighted by Gasteiger charge is -2.36. The van der Waals surface area contributed by atoms with E-state index in [1.54, 1.807) is 7.11 Å². The van der Waals surface area contributed by atoms with Crippen LogP contribution in [0.3, 0.4) is 0 Å². The van der Waals surface area contributed by atoms with E-state index >= 15 is 0 Å². The van der Waals surface area contributed by atoms with Crippen molar-refractivity contribution < 1.29 is 9.53 Å². The van der Waals surface area contributed by atoms with Crippen LogP contribution in [-0.2, 0) is 10.3 Å². The molecule has 1 unspecified atom stereocenters. The molecule has 2 rings (SSSR count). The maximum atomic E-state index is 12.2. The minimum absolute atomic E-state index is 0. The molecule has 3 nitrogen and oxygen atoms in total.